The Labute approximate surface area is 133 Å². The van der Waals surface area contributed by atoms with Gasteiger partial charge in [0, 0.05) is 12.0 Å². The fourth-order valence-electron chi connectivity index (χ4n) is 1.93. The monoisotopic (exact) mass is 356 g/mol. The molecule has 0 saturated carbocycles. The largest absolute Gasteiger partial charge is 0.460 e. The van der Waals surface area contributed by atoms with Crippen molar-refractivity contribution in [2.45, 2.75) is 56.4 Å². The molecular formula is C16H21BrO4. The second-order valence-electron chi connectivity index (χ2n) is 5.45. The molecule has 0 amide bonds. The van der Waals surface area contributed by atoms with Gasteiger partial charge in [0.15, 0.2) is 5.78 Å². The molecule has 0 radical (unpaired) electrons. The van der Waals surface area contributed by atoms with E-state index in [0.717, 1.165) is 5.57 Å². The van der Waals surface area contributed by atoms with Crippen LogP contribution < -0.4 is 0 Å². The molecule has 1 aliphatic heterocycles. The zero-order valence-electron chi connectivity index (χ0n) is 12.4. The highest BCUT2D eigenvalue weighted by molar-refractivity contribution is 9.10. The molecule has 2 unspecified atom stereocenters. The third-order valence-electron chi connectivity index (χ3n) is 3.27. The van der Waals surface area contributed by atoms with Gasteiger partial charge in [-0.2, -0.15) is 0 Å². The number of ether oxygens (including phenoxy) is 1. The van der Waals surface area contributed by atoms with E-state index in [-0.39, 0.29) is 24.8 Å². The van der Waals surface area contributed by atoms with Crippen LogP contribution in [0.25, 0.3) is 0 Å². The molecule has 5 heteroatoms. The summed E-state index contributed by atoms with van der Waals surface area (Å²) >= 11 is 3.25. The number of esters is 1. The molecule has 1 aliphatic rings. The molecule has 1 rings (SSSR count). The van der Waals surface area contributed by atoms with Crippen LogP contribution in [0.15, 0.2) is 23.1 Å². The molecule has 0 aromatic rings. The van der Waals surface area contributed by atoms with Crippen molar-refractivity contribution in [3.8, 4) is 0 Å². The van der Waals surface area contributed by atoms with E-state index in [1.807, 2.05) is 6.92 Å². The highest BCUT2D eigenvalue weighted by atomic mass is 79.9. The number of carbonyl (C=O) groups is 2. The quantitative estimate of drug-likeness (QED) is 0.411. The summed E-state index contributed by atoms with van der Waals surface area (Å²) in [7, 11) is 0. The number of allylic oxidation sites excluding steroid dienone is 1. The number of halogens is 1. The van der Waals surface area contributed by atoms with Crippen LogP contribution in [0, 0.1) is 0 Å². The van der Waals surface area contributed by atoms with Crippen molar-refractivity contribution >= 4 is 27.7 Å². The minimum absolute atomic E-state index is 0.130. The van der Waals surface area contributed by atoms with Crippen LogP contribution in [0.1, 0.15) is 46.0 Å². The molecule has 4 nitrogen and oxygen atoms in total. The minimum Gasteiger partial charge on any atom is -0.460 e. The van der Waals surface area contributed by atoms with Crippen LogP contribution in [-0.2, 0) is 14.3 Å². The summed E-state index contributed by atoms with van der Waals surface area (Å²) < 4.78 is 5.08. The summed E-state index contributed by atoms with van der Waals surface area (Å²) in [6.07, 6.45) is 4.00. The van der Waals surface area contributed by atoms with E-state index in [1.165, 1.54) is 6.92 Å². The van der Waals surface area contributed by atoms with Gasteiger partial charge in [-0.1, -0.05) is 27.4 Å². The molecule has 0 aromatic heterocycles. The Morgan fingerprint density at radius 1 is 1.48 bits per heavy atom. The molecule has 1 N–H and O–H groups in total. The second-order valence-corrected chi connectivity index (χ2v) is 6.56. The summed E-state index contributed by atoms with van der Waals surface area (Å²) in [6, 6.07) is 0. The Bertz CT molecular complexity index is 494. The molecule has 0 bridgehead atoms. The number of cyclic esters (lactones) is 1. The van der Waals surface area contributed by atoms with Gasteiger partial charge in [0.1, 0.15) is 12.2 Å². The number of alkyl halides is 1. The minimum atomic E-state index is -1.39. The van der Waals surface area contributed by atoms with Crippen molar-refractivity contribution in [2.75, 3.05) is 6.61 Å². The van der Waals surface area contributed by atoms with Crippen molar-refractivity contribution < 1.29 is 19.4 Å². The molecule has 1 heterocycles. The van der Waals surface area contributed by atoms with Gasteiger partial charge in [-0.25, -0.2) is 0 Å². The summed E-state index contributed by atoms with van der Waals surface area (Å²) in [4.78, 5) is 23.2. The maximum atomic E-state index is 12.2. The van der Waals surface area contributed by atoms with E-state index in [4.69, 9.17) is 4.74 Å². The highest BCUT2D eigenvalue weighted by Crippen LogP contribution is 2.22. The first kappa shape index (κ1) is 17.9. The smallest absolute Gasteiger partial charge is 0.306 e. The summed E-state index contributed by atoms with van der Waals surface area (Å²) in [5.41, 5.74) is 5.19. The van der Waals surface area contributed by atoms with Crippen LogP contribution in [0.4, 0.5) is 0 Å². The van der Waals surface area contributed by atoms with Gasteiger partial charge in [0.25, 0.3) is 0 Å². The van der Waals surface area contributed by atoms with E-state index in [1.54, 1.807) is 6.08 Å². The third-order valence-corrected chi connectivity index (χ3v) is 4.14. The number of hydrogen-bond acceptors (Lipinski definition) is 4. The molecule has 2 atom stereocenters. The van der Waals surface area contributed by atoms with Gasteiger partial charge in [0.2, 0.25) is 0 Å². The number of rotatable bonds is 0. The van der Waals surface area contributed by atoms with E-state index in [9.17, 15) is 14.7 Å². The Hall–Kier alpha value is -1.12. The SMILES string of the molecule is CC1=C=C=CCCCC(C)(O)C(=O)C(Br)CCC(=O)OC1. The first-order valence-corrected chi connectivity index (χ1v) is 7.96. The number of hydrogen-bond donors (Lipinski definition) is 1. The summed E-state index contributed by atoms with van der Waals surface area (Å²) in [5, 5.41) is 10.2. The normalized spacial score (nSPS) is 29.3. The molecule has 0 saturated heterocycles. The lowest BCUT2D eigenvalue weighted by molar-refractivity contribution is -0.143. The number of carbonyl (C=O) groups excluding carboxylic acids is 2. The van der Waals surface area contributed by atoms with Gasteiger partial charge in [-0.05, 0) is 45.6 Å². The Morgan fingerprint density at radius 2 is 2.19 bits per heavy atom. The van der Waals surface area contributed by atoms with Crippen molar-refractivity contribution in [3.63, 3.8) is 0 Å². The predicted molar refractivity (Wildman–Crippen MR) is 83.2 cm³/mol. The lowest BCUT2D eigenvalue weighted by Crippen LogP contribution is -2.40. The van der Waals surface area contributed by atoms with Crippen LogP contribution in [0.5, 0.6) is 0 Å². The zero-order valence-corrected chi connectivity index (χ0v) is 14.0. The van der Waals surface area contributed by atoms with Crippen LogP contribution in [-0.4, -0.2) is 33.9 Å². The van der Waals surface area contributed by atoms with E-state index < -0.39 is 10.4 Å². The molecule has 0 aromatic carbocycles. The molecule has 0 spiro atoms. The molecule has 116 valence electrons. The van der Waals surface area contributed by atoms with E-state index in [0.29, 0.717) is 25.7 Å². The highest BCUT2D eigenvalue weighted by Gasteiger charge is 2.34. The Morgan fingerprint density at radius 3 is 2.90 bits per heavy atom. The number of Topliss-reactive ketones (excluding diaryl/α,β-unsaturated/α-hetero) is 1. The Kier molecular flexibility index (Phi) is 7.13. The van der Waals surface area contributed by atoms with Gasteiger partial charge in [0.05, 0.1) is 4.83 Å². The van der Waals surface area contributed by atoms with Crippen LogP contribution in [0.2, 0.25) is 0 Å². The topological polar surface area (TPSA) is 63.6 Å². The van der Waals surface area contributed by atoms with Gasteiger partial charge >= 0.3 is 5.97 Å². The second kappa shape index (κ2) is 8.35. The Balaban J connectivity index is 2.86. The first-order chi connectivity index (χ1) is 9.83. The number of aliphatic hydroxyl groups is 1. The maximum absolute atomic E-state index is 12.2. The molecular weight excluding hydrogens is 336 g/mol. The zero-order chi connectivity index (χ0) is 15.9. The number of ketones is 1. The standard InChI is InChI=1S/C16H21BrO4/c1-12-7-5-3-4-6-10-16(2,20)15(19)13(17)8-9-14(18)21-11-12/h3,13,20H,4,6,8-11H2,1-2H3. The van der Waals surface area contributed by atoms with E-state index >= 15 is 0 Å². The van der Waals surface area contributed by atoms with E-state index in [2.05, 4.69) is 27.4 Å². The molecule has 0 aliphatic carbocycles. The predicted octanol–water partition coefficient (Wildman–Crippen LogP) is 2.83. The average molecular weight is 357 g/mol. The fraction of sp³-hybridized carbons (Fsp3) is 0.625. The summed E-state index contributed by atoms with van der Waals surface area (Å²) in [6.45, 7) is 3.51. The fourth-order valence-corrected chi connectivity index (χ4v) is 2.65. The molecule has 0 fully saturated rings. The first-order valence-electron chi connectivity index (χ1n) is 7.05. The lowest BCUT2D eigenvalue weighted by Gasteiger charge is -2.24. The molecule has 21 heavy (non-hydrogen) atoms. The third kappa shape index (κ3) is 6.45. The van der Waals surface area contributed by atoms with Crippen molar-refractivity contribution in [2.24, 2.45) is 0 Å². The van der Waals surface area contributed by atoms with Gasteiger partial charge < -0.3 is 9.84 Å². The van der Waals surface area contributed by atoms with Crippen molar-refractivity contribution in [1.29, 1.82) is 0 Å². The van der Waals surface area contributed by atoms with Crippen LogP contribution in [0.3, 0.4) is 0 Å². The summed E-state index contributed by atoms with van der Waals surface area (Å²) in [5.74, 6) is -0.661. The maximum Gasteiger partial charge on any atom is 0.306 e. The van der Waals surface area contributed by atoms with Crippen molar-refractivity contribution in [3.05, 3.63) is 23.1 Å². The lowest BCUT2D eigenvalue weighted by atomic mass is 9.91. The van der Waals surface area contributed by atoms with Crippen LogP contribution >= 0.6 is 15.9 Å². The van der Waals surface area contributed by atoms with Gasteiger partial charge in [-0.3, -0.25) is 9.59 Å². The van der Waals surface area contributed by atoms with Crippen molar-refractivity contribution in [1.82, 2.24) is 0 Å². The average Bonchev–Trinajstić information content (AvgIpc) is 2.44. The van der Waals surface area contributed by atoms with Gasteiger partial charge in [-0.15, -0.1) is 0 Å².